The predicted molar refractivity (Wildman–Crippen MR) is 92.0 cm³/mol. The first-order valence-electron chi connectivity index (χ1n) is 8.10. The number of hydrogen-bond acceptors (Lipinski definition) is 5. The van der Waals surface area contributed by atoms with Crippen LogP contribution in [0.3, 0.4) is 0 Å². The molecule has 130 valence electrons. The number of benzene rings is 2. The van der Waals surface area contributed by atoms with Crippen LogP contribution in [0.5, 0.6) is 0 Å². The molecule has 4 rings (SSSR count). The average Bonchev–Trinajstić information content (AvgIpc) is 3.27. The Balaban J connectivity index is 1.60. The Kier molecular flexibility index (Phi) is 3.72. The normalized spacial score (nSPS) is 19.7. The van der Waals surface area contributed by atoms with E-state index in [1.54, 1.807) is 31.2 Å². The van der Waals surface area contributed by atoms with Crippen molar-refractivity contribution in [3.63, 3.8) is 0 Å². The van der Waals surface area contributed by atoms with Crippen molar-refractivity contribution in [1.29, 1.82) is 0 Å². The van der Waals surface area contributed by atoms with Gasteiger partial charge >= 0.3 is 6.03 Å². The summed E-state index contributed by atoms with van der Waals surface area (Å²) in [6.07, 6.45) is 1.49. The second kappa shape index (κ2) is 6.07. The highest BCUT2D eigenvalue weighted by Gasteiger charge is 2.48. The van der Waals surface area contributed by atoms with E-state index >= 15 is 0 Å². The zero-order chi connectivity index (χ0) is 18.1. The van der Waals surface area contributed by atoms with Gasteiger partial charge in [-0.3, -0.25) is 9.69 Å². The van der Waals surface area contributed by atoms with Gasteiger partial charge in [0, 0.05) is 0 Å². The molecular formula is C18H16N6O2. The highest BCUT2D eigenvalue weighted by atomic mass is 16.2. The second-order valence-corrected chi connectivity index (χ2v) is 6.23. The van der Waals surface area contributed by atoms with E-state index in [1.165, 1.54) is 15.9 Å². The molecule has 0 spiro atoms. The van der Waals surface area contributed by atoms with E-state index in [0.717, 1.165) is 11.3 Å². The number of carbonyl (C=O) groups excluding carboxylic acids is 2. The van der Waals surface area contributed by atoms with Gasteiger partial charge in [-0.25, -0.2) is 9.48 Å². The van der Waals surface area contributed by atoms with E-state index in [9.17, 15) is 9.59 Å². The van der Waals surface area contributed by atoms with Crippen molar-refractivity contribution in [3.05, 3.63) is 72.1 Å². The molecule has 1 aromatic heterocycles. The molecule has 3 aromatic rings. The van der Waals surface area contributed by atoms with Crippen LogP contribution in [0.4, 0.5) is 4.79 Å². The maximum atomic E-state index is 13.0. The maximum Gasteiger partial charge on any atom is 0.325 e. The molecule has 0 aliphatic carbocycles. The van der Waals surface area contributed by atoms with Crippen molar-refractivity contribution in [3.8, 4) is 5.69 Å². The molecule has 0 saturated carbocycles. The maximum absolute atomic E-state index is 13.0. The minimum Gasteiger partial charge on any atom is -0.319 e. The largest absolute Gasteiger partial charge is 0.325 e. The van der Waals surface area contributed by atoms with Crippen molar-refractivity contribution < 1.29 is 9.59 Å². The molecule has 2 aromatic carbocycles. The van der Waals surface area contributed by atoms with Gasteiger partial charge in [-0.05, 0) is 40.6 Å². The van der Waals surface area contributed by atoms with Crippen LogP contribution >= 0.6 is 0 Å². The number of amides is 3. The quantitative estimate of drug-likeness (QED) is 0.724. The number of nitrogens with one attached hydrogen (secondary N) is 1. The summed E-state index contributed by atoms with van der Waals surface area (Å²) >= 11 is 0. The van der Waals surface area contributed by atoms with E-state index in [0.29, 0.717) is 5.56 Å². The summed E-state index contributed by atoms with van der Waals surface area (Å²) < 4.78 is 1.52. The predicted octanol–water partition coefficient (Wildman–Crippen LogP) is 1.63. The SMILES string of the molecule is CC1(c2ccc(-n3cnnn3)cc2)NC(=O)N(Cc2ccccc2)C1=O. The lowest BCUT2D eigenvalue weighted by Crippen LogP contribution is -2.40. The average molecular weight is 348 g/mol. The number of nitrogens with zero attached hydrogens (tertiary/aromatic N) is 5. The number of imide groups is 1. The molecule has 1 aliphatic rings. The molecule has 2 heterocycles. The molecule has 1 fully saturated rings. The number of hydrogen-bond donors (Lipinski definition) is 1. The Hall–Kier alpha value is -3.55. The molecule has 1 N–H and O–H groups in total. The molecule has 1 aliphatic heterocycles. The lowest BCUT2D eigenvalue weighted by atomic mass is 9.92. The number of carbonyl (C=O) groups is 2. The van der Waals surface area contributed by atoms with Crippen LogP contribution < -0.4 is 5.32 Å². The summed E-state index contributed by atoms with van der Waals surface area (Å²) in [6, 6.07) is 16.2. The second-order valence-electron chi connectivity index (χ2n) is 6.23. The Labute approximate surface area is 149 Å². The van der Waals surface area contributed by atoms with Crippen LogP contribution in [0.25, 0.3) is 5.69 Å². The van der Waals surface area contributed by atoms with Gasteiger partial charge in [-0.15, -0.1) is 5.10 Å². The van der Waals surface area contributed by atoms with Gasteiger partial charge in [-0.1, -0.05) is 42.5 Å². The molecule has 1 saturated heterocycles. The van der Waals surface area contributed by atoms with Gasteiger partial charge in [0.2, 0.25) is 0 Å². The minimum atomic E-state index is -1.11. The van der Waals surface area contributed by atoms with Crippen molar-refractivity contribution in [1.82, 2.24) is 30.4 Å². The summed E-state index contributed by atoms with van der Waals surface area (Å²) in [4.78, 5) is 26.6. The van der Waals surface area contributed by atoms with Gasteiger partial charge < -0.3 is 5.32 Å². The number of rotatable bonds is 4. The monoisotopic (exact) mass is 348 g/mol. The van der Waals surface area contributed by atoms with E-state index in [-0.39, 0.29) is 12.5 Å². The third-order valence-electron chi connectivity index (χ3n) is 4.52. The smallest absolute Gasteiger partial charge is 0.319 e. The van der Waals surface area contributed by atoms with Crippen LogP contribution in [0.15, 0.2) is 60.9 Å². The van der Waals surface area contributed by atoms with Gasteiger partial charge in [0.1, 0.15) is 11.9 Å². The molecule has 0 bridgehead atoms. The molecule has 26 heavy (non-hydrogen) atoms. The number of urea groups is 1. The lowest BCUT2D eigenvalue weighted by molar-refractivity contribution is -0.131. The zero-order valence-electron chi connectivity index (χ0n) is 14.0. The van der Waals surface area contributed by atoms with Crippen molar-refractivity contribution in [2.24, 2.45) is 0 Å². The zero-order valence-corrected chi connectivity index (χ0v) is 14.0. The van der Waals surface area contributed by atoms with E-state index in [2.05, 4.69) is 20.8 Å². The summed E-state index contributed by atoms with van der Waals surface area (Å²) in [6.45, 7) is 1.95. The highest BCUT2D eigenvalue weighted by Crippen LogP contribution is 2.30. The summed E-state index contributed by atoms with van der Waals surface area (Å²) in [5, 5.41) is 13.8. The first-order chi connectivity index (χ1) is 12.6. The molecular weight excluding hydrogens is 332 g/mol. The molecule has 1 atom stereocenters. The summed E-state index contributed by atoms with van der Waals surface area (Å²) in [7, 11) is 0. The fourth-order valence-electron chi connectivity index (χ4n) is 3.03. The van der Waals surface area contributed by atoms with Gasteiger partial charge in [0.15, 0.2) is 0 Å². The highest BCUT2D eigenvalue weighted by molar-refractivity contribution is 6.07. The third-order valence-corrected chi connectivity index (χ3v) is 4.52. The van der Waals surface area contributed by atoms with Crippen LogP contribution in [0.1, 0.15) is 18.1 Å². The van der Waals surface area contributed by atoms with Crippen molar-refractivity contribution in [2.45, 2.75) is 19.0 Å². The summed E-state index contributed by atoms with van der Waals surface area (Å²) in [5.74, 6) is -0.276. The van der Waals surface area contributed by atoms with Gasteiger partial charge in [0.05, 0.1) is 12.2 Å². The van der Waals surface area contributed by atoms with E-state index in [4.69, 9.17) is 0 Å². The number of aromatic nitrogens is 4. The topological polar surface area (TPSA) is 93.0 Å². The van der Waals surface area contributed by atoms with Crippen LogP contribution in [0.2, 0.25) is 0 Å². The Morgan fingerprint density at radius 2 is 1.77 bits per heavy atom. The van der Waals surface area contributed by atoms with Gasteiger partial charge in [0.25, 0.3) is 5.91 Å². The Bertz CT molecular complexity index is 940. The molecule has 0 radical (unpaired) electrons. The van der Waals surface area contributed by atoms with Crippen LogP contribution in [-0.4, -0.2) is 37.0 Å². The van der Waals surface area contributed by atoms with Crippen molar-refractivity contribution in [2.75, 3.05) is 0 Å². The third kappa shape index (κ3) is 2.61. The fourth-order valence-corrected chi connectivity index (χ4v) is 3.03. The number of tetrazole rings is 1. The Morgan fingerprint density at radius 3 is 2.42 bits per heavy atom. The summed E-state index contributed by atoms with van der Waals surface area (Å²) in [5.41, 5.74) is 1.25. The first kappa shape index (κ1) is 15.9. The van der Waals surface area contributed by atoms with Crippen LogP contribution in [0, 0.1) is 0 Å². The first-order valence-corrected chi connectivity index (χ1v) is 8.10. The molecule has 3 amide bonds. The van der Waals surface area contributed by atoms with E-state index < -0.39 is 11.6 Å². The van der Waals surface area contributed by atoms with Crippen molar-refractivity contribution >= 4 is 11.9 Å². The molecule has 8 heteroatoms. The van der Waals surface area contributed by atoms with E-state index in [1.807, 2.05) is 30.3 Å². The Morgan fingerprint density at radius 1 is 1.04 bits per heavy atom. The minimum absolute atomic E-state index is 0.240. The molecule has 1 unspecified atom stereocenters. The fraction of sp³-hybridized carbons (Fsp3) is 0.167. The molecule has 8 nitrogen and oxygen atoms in total. The lowest BCUT2D eigenvalue weighted by Gasteiger charge is -2.22. The van der Waals surface area contributed by atoms with Crippen LogP contribution in [-0.2, 0) is 16.9 Å². The standard InChI is InChI=1S/C18H16N6O2/c1-18(14-7-9-15(10-8-14)24-12-19-21-22-24)16(25)23(17(26)20-18)11-13-5-3-2-4-6-13/h2-10,12H,11H2,1H3,(H,20,26). The van der Waals surface area contributed by atoms with Gasteiger partial charge in [-0.2, -0.15) is 0 Å².